The smallest absolute Gasteiger partial charge is 0.323 e. The van der Waals surface area contributed by atoms with Gasteiger partial charge in [0.2, 0.25) is 5.91 Å². The predicted octanol–water partition coefficient (Wildman–Crippen LogP) is 2.29. The molecule has 6 nitrogen and oxygen atoms in total. The summed E-state index contributed by atoms with van der Waals surface area (Å²) < 4.78 is 0.746. The van der Waals surface area contributed by atoms with Crippen LogP contribution in [0.4, 0.5) is 5.69 Å². The third-order valence-corrected chi connectivity index (χ3v) is 4.78. The molecule has 3 rings (SSSR count). The first-order chi connectivity index (χ1) is 10.5. The minimum atomic E-state index is -0.257. The number of piperidine rings is 1. The van der Waals surface area contributed by atoms with Gasteiger partial charge in [-0.3, -0.25) is 9.69 Å². The van der Waals surface area contributed by atoms with Crippen molar-refractivity contribution in [1.82, 2.24) is 14.9 Å². The van der Waals surface area contributed by atoms with Crippen molar-refractivity contribution >= 4 is 38.6 Å². The summed E-state index contributed by atoms with van der Waals surface area (Å²) in [6, 6.07) is 3.54. The predicted molar refractivity (Wildman–Crippen MR) is 90.1 cm³/mol. The number of aromatic nitrogens is 2. The van der Waals surface area contributed by atoms with Crippen molar-refractivity contribution < 1.29 is 4.79 Å². The Morgan fingerprint density at radius 2 is 1.95 bits per heavy atom. The van der Waals surface area contributed by atoms with Gasteiger partial charge >= 0.3 is 5.69 Å². The number of aromatic amines is 2. The van der Waals surface area contributed by atoms with Crippen LogP contribution in [-0.4, -0.2) is 40.4 Å². The molecule has 0 bridgehead atoms. The Labute approximate surface area is 136 Å². The summed E-state index contributed by atoms with van der Waals surface area (Å²) in [6.45, 7) is 4.60. The maximum absolute atomic E-state index is 12.2. The van der Waals surface area contributed by atoms with Crippen LogP contribution < -0.4 is 11.0 Å². The lowest BCUT2D eigenvalue weighted by molar-refractivity contribution is -0.117. The minimum absolute atomic E-state index is 0.0347. The van der Waals surface area contributed by atoms with E-state index in [9.17, 15) is 9.59 Å². The number of carbonyl (C=O) groups excluding carboxylic acids is 1. The SMILES string of the molecule is CC1CCN(CC(=O)Nc2cc3[nH]c(=O)[nH]c3cc2Br)CC1. The second-order valence-corrected chi connectivity index (χ2v) is 6.82. The van der Waals surface area contributed by atoms with E-state index in [1.54, 1.807) is 12.1 Å². The molecule has 118 valence electrons. The Kier molecular flexibility index (Phi) is 4.35. The fourth-order valence-electron chi connectivity index (χ4n) is 2.76. The number of amides is 1. The van der Waals surface area contributed by atoms with E-state index in [1.165, 1.54) is 0 Å². The molecule has 2 aromatic rings. The molecule has 0 radical (unpaired) electrons. The van der Waals surface area contributed by atoms with Gasteiger partial charge in [0.1, 0.15) is 0 Å². The largest absolute Gasteiger partial charge is 0.324 e. The lowest BCUT2D eigenvalue weighted by Crippen LogP contribution is -2.38. The summed E-state index contributed by atoms with van der Waals surface area (Å²) >= 11 is 3.42. The van der Waals surface area contributed by atoms with E-state index in [0.717, 1.165) is 36.3 Å². The third-order valence-electron chi connectivity index (χ3n) is 4.12. The van der Waals surface area contributed by atoms with Crippen LogP contribution in [0.2, 0.25) is 0 Å². The molecule has 1 fully saturated rings. The molecule has 0 atom stereocenters. The molecule has 1 aliphatic rings. The van der Waals surface area contributed by atoms with E-state index in [1.807, 2.05) is 0 Å². The number of hydrogen-bond acceptors (Lipinski definition) is 3. The van der Waals surface area contributed by atoms with Gasteiger partial charge in [-0.15, -0.1) is 0 Å². The topological polar surface area (TPSA) is 81.0 Å². The average molecular weight is 367 g/mol. The Balaban J connectivity index is 1.68. The highest BCUT2D eigenvalue weighted by Gasteiger charge is 2.18. The van der Waals surface area contributed by atoms with E-state index >= 15 is 0 Å². The molecular weight excluding hydrogens is 348 g/mol. The molecule has 1 aromatic carbocycles. The summed E-state index contributed by atoms with van der Waals surface area (Å²) in [5.74, 6) is 0.716. The van der Waals surface area contributed by atoms with Gasteiger partial charge in [0, 0.05) is 4.47 Å². The van der Waals surface area contributed by atoms with E-state index < -0.39 is 0 Å². The Hall–Kier alpha value is -1.60. The molecule has 7 heteroatoms. The van der Waals surface area contributed by atoms with E-state index in [4.69, 9.17) is 0 Å². The van der Waals surface area contributed by atoms with Crippen LogP contribution >= 0.6 is 15.9 Å². The lowest BCUT2D eigenvalue weighted by Gasteiger charge is -2.29. The Bertz CT molecular complexity index is 744. The minimum Gasteiger partial charge on any atom is -0.324 e. The number of H-pyrrole nitrogens is 2. The number of anilines is 1. The van der Waals surface area contributed by atoms with E-state index in [-0.39, 0.29) is 11.6 Å². The van der Waals surface area contributed by atoms with Gasteiger partial charge in [0.25, 0.3) is 0 Å². The number of nitrogens with zero attached hydrogens (tertiary/aromatic N) is 1. The fourth-order valence-corrected chi connectivity index (χ4v) is 3.21. The zero-order valence-electron chi connectivity index (χ0n) is 12.4. The monoisotopic (exact) mass is 366 g/mol. The van der Waals surface area contributed by atoms with Crippen molar-refractivity contribution in [3.05, 3.63) is 27.1 Å². The quantitative estimate of drug-likeness (QED) is 0.779. The number of carbonyl (C=O) groups is 1. The fraction of sp³-hybridized carbons (Fsp3) is 0.467. The first-order valence-corrected chi connectivity index (χ1v) is 8.24. The van der Waals surface area contributed by atoms with Crippen LogP contribution in [0, 0.1) is 5.92 Å². The van der Waals surface area contributed by atoms with Gasteiger partial charge in [-0.05, 0) is 59.9 Å². The molecule has 1 aliphatic heterocycles. The maximum Gasteiger partial charge on any atom is 0.323 e. The van der Waals surface area contributed by atoms with Gasteiger partial charge in [-0.25, -0.2) is 4.79 Å². The highest BCUT2D eigenvalue weighted by molar-refractivity contribution is 9.10. The van der Waals surface area contributed by atoms with Crippen LogP contribution in [-0.2, 0) is 4.79 Å². The summed E-state index contributed by atoms with van der Waals surface area (Å²) in [5.41, 5.74) is 1.79. The van der Waals surface area contributed by atoms with Gasteiger partial charge in [0.15, 0.2) is 0 Å². The van der Waals surface area contributed by atoms with E-state index in [2.05, 4.69) is 43.0 Å². The van der Waals surface area contributed by atoms with Crippen molar-refractivity contribution in [3.63, 3.8) is 0 Å². The number of rotatable bonds is 3. The molecule has 1 aromatic heterocycles. The van der Waals surface area contributed by atoms with Crippen LogP contribution in [0.15, 0.2) is 21.4 Å². The molecule has 2 heterocycles. The number of imidazole rings is 1. The van der Waals surface area contributed by atoms with Gasteiger partial charge in [0.05, 0.1) is 23.3 Å². The number of likely N-dealkylation sites (tertiary alicyclic amines) is 1. The maximum atomic E-state index is 12.2. The lowest BCUT2D eigenvalue weighted by atomic mass is 9.99. The number of benzene rings is 1. The molecule has 22 heavy (non-hydrogen) atoms. The van der Waals surface area contributed by atoms with Crippen molar-refractivity contribution in [2.75, 3.05) is 25.0 Å². The standard InChI is InChI=1S/C15H19BrN4O2/c1-9-2-4-20(5-3-9)8-14(21)17-11-7-13-12(6-10(11)16)18-15(22)19-13/h6-7,9H,2-5,8H2,1H3,(H,17,21)(H2,18,19,22). The van der Waals surface area contributed by atoms with Crippen LogP contribution in [0.5, 0.6) is 0 Å². The van der Waals surface area contributed by atoms with Crippen molar-refractivity contribution in [2.45, 2.75) is 19.8 Å². The van der Waals surface area contributed by atoms with E-state index in [0.29, 0.717) is 23.3 Å². The second kappa shape index (κ2) is 6.26. The van der Waals surface area contributed by atoms with Crippen LogP contribution in [0.25, 0.3) is 11.0 Å². The first-order valence-electron chi connectivity index (χ1n) is 7.45. The van der Waals surface area contributed by atoms with Crippen molar-refractivity contribution in [2.24, 2.45) is 5.92 Å². The number of halogens is 1. The molecule has 0 spiro atoms. The molecule has 0 aliphatic carbocycles. The molecule has 1 amide bonds. The zero-order valence-corrected chi connectivity index (χ0v) is 14.0. The number of fused-ring (bicyclic) bond motifs is 1. The molecular formula is C15H19BrN4O2. The third kappa shape index (κ3) is 3.41. The average Bonchev–Trinajstić information content (AvgIpc) is 2.81. The normalized spacial score (nSPS) is 17.0. The summed E-state index contributed by atoms with van der Waals surface area (Å²) in [5, 5.41) is 2.91. The summed E-state index contributed by atoms with van der Waals surface area (Å²) in [7, 11) is 0. The highest BCUT2D eigenvalue weighted by Crippen LogP contribution is 2.26. The van der Waals surface area contributed by atoms with Crippen LogP contribution in [0.3, 0.4) is 0 Å². The Morgan fingerprint density at radius 3 is 2.64 bits per heavy atom. The summed E-state index contributed by atoms with van der Waals surface area (Å²) in [6.07, 6.45) is 2.29. The van der Waals surface area contributed by atoms with Crippen molar-refractivity contribution in [3.8, 4) is 0 Å². The van der Waals surface area contributed by atoms with Crippen molar-refractivity contribution in [1.29, 1.82) is 0 Å². The highest BCUT2D eigenvalue weighted by atomic mass is 79.9. The van der Waals surface area contributed by atoms with Gasteiger partial charge in [-0.1, -0.05) is 6.92 Å². The van der Waals surface area contributed by atoms with Gasteiger partial charge in [-0.2, -0.15) is 0 Å². The number of nitrogens with one attached hydrogen (secondary N) is 3. The second-order valence-electron chi connectivity index (χ2n) is 5.96. The first kappa shape index (κ1) is 15.3. The molecule has 0 unspecified atom stereocenters. The number of hydrogen-bond donors (Lipinski definition) is 3. The molecule has 1 saturated heterocycles. The Morgan fingerprint density at radius 1 is 1.32 bits per heavy atom. The molecule has 3 N–H and O–H groups in total. The van der Waals surface area contributed by atoms with Crippen LogP contribution in [0.1, 0.15) is 19.8 Å². The molecule has 0 saturated carbocycles. The van der Waals surface area contributed by atoms with Gasteiger partial charge < -0.3 is 15.3 Å². The summed E-state index contributed by atoms with van der Waals surface area (Å²) in [4.78, 5) is 31.1. The zero-order chi connectivity index (χ0) is 15.7.